The van der Waals surface area contributed by atoms with Crippen LogP contribution in [0, 0.1) is 27.7 Å². The number of ether oxygens (including phenoxy) is 1. The number of benzene rings is 3. The molecule has 0 fully saturated rings. The van der Waals surface area contributed by atoms with Crippen LogP contribution in [0.25, 0.3) is 11.1 Å². The molecule has 36 heavy (non-hydrogen) atoms. The first kappa shape index (κ1) is 25.6. The molecule has 0 aromatic heterocycles. The van der Waals surface area contributed by atoms with Gasteiger partial charge in [0.1, 0.15) is 0 Å². The maximum atomic E-state index is 13.4. The van der Waals surface area contributed by atoms with E-state index in [4.69, 9.17) is 4.74 Å². The number of nitrogens with zero attached hydrogens (tertiary/aromatic N) is 1. The normalized spacial score (nSPS) is 14.0. The monoisotopic (exact) mass is 485 g/mol. The van der Waals surface area contributed by atoms with Gasteiger partial charge in [0, 0.05) is 24.2 Å². The molecule has 0 aliphatic carbocycles. The summed E-state index contributed by atoms with van der Waals surface area (Å²) < 4.78 is 6.14. The number of aryl methyl sites for hydroxylation is 2. The molecule has 0 spiro atoms. The number of carboxylic acid groups (broad SMARTS) is 1. The largest absolute Gasteiger partial charge is 0.479 e. The van der Waals surface area contributed by atoms with Gasteiger partial charge < -0.3 is 14.7 Å². The fraction of sp³-hybridized carbons (Fsp3) is 0.355. The van der Waals surface area contributed by atoms with Gasteiger partial charge in [-0.1, -0.05) is 47.5 Å². The Kier molecular flexibility index (Phi) is 6.80. The van der Waals surface area contributed by atoms with E-state index < -0.39 is 17.7 Å². The molecule has 1 aliphatic heterocycles. The first-order valence-corrected chi connectivity index (χ1v) is 12.4. The number of carbonyl (C=O) groups excluding carboxylic acids is 1. The third-order valence-electron chi connectivity index (χ3n) is 6.87. The van der Waals surface area contributed by atoms with Crippen LogP contribution < -0.4 is 0 Å². The summed E-state index contributed by atoms with van der Waals surface area (Å²) in [6.45, 7) is 14.5. The number of amides is 1. The molecule has 0 saturated carbocycles. The Morgan fingerprint density at radius 2 is 1.50 bits per heavy atom. The predicted molar refractivity (Wildman–Crippen MR) is 142 cm³/mol. The lowest BCUT2D eigenvalue weighted by molar-refractivity contribution is -0.160. The SMILES string of the molecule is Cc1ccc(-c2c(C)c3c(c(C)c2C(OC(C)(C)C)C(=O)O)CN(C(=O)c2cccc(C)c2)C3)cc1. The lowest BCUT2D eigenvalue weighted by Crippen LogP contribution is -2.28. The van der Waals surface area contributed by atoms with Crippen LogP contribution in [0.2, 0.25) is 0 Å². The highest BCUT2D eigenvalue weighted by atomic mass is 16.5. The zero-order valence-electron chi connectivity index (χ0n) is 22.2. The van der Waals surface area contributed by atoms with Gasteiger partial charge in [-0.25, -0.2) is 4.79 Å². The standard InChI is InChI=1S/C31H35NO4/c1-18-11-13-22(14-12-18)26-20(3)24-16-32(29(33)23-10-8-9-19(2)15-23)17-25(24)21(4)27(26)28(30(34)35)36-31(5,6)7/h8-15,28H,16-17H2,1-7H3,(H,34,35). The second-order valence-corrected chi connectivity index (χ2v) is 10.8. The van der Waals surface area contributed by atoms with Gasteiger partial charge in [-0.3, -0.25) is 4.79 Å². The molecule has 1 heterocycles. The summed E-state index contributed by atoms with van der Waals surface area (Å²) in [5.41, 5.74) is 8.66. The maximum absolute atomic E-state index is 13.4. The first-order chi connectivity index (χ1) is 16.9. The van der Waals surface area contributed by atoms with E-state index in [0.29, 0.717) is 24.2 Å². The summed E-state index contributed by atoms with van der Waals surface area (Å²) in [4.78, 5) is 27.8. The minimum Gasteiger partial charge on any atom is -0.479 e. The Morgan fingerprint density at radius 3 is 2.06 bits per heavy atom. The molecule has 188 valence electrons. The van der Waals surface area contributed by atoms with Crippen molar-refractivity contribution in [1.82, 2.24) is 4.90 Å². The van der Waals surface area contributed by atoms with Gasteiger partial charge in [0.2, 0.25) is 0 Å². The van der Waals surface area contributed by atoms with Crippen LogP contribution >= 0.6 is 0 Å². The van der Waals surface area contributed by atoms with Crippen molar-refractivity contribution in [2.75, 3.05) is 0 Å². The van der Waals surface area contributed by atoms with Gasteiger partial charge >= 0.3 is 5.97 Å². The topological polar surface area (TPSA) is 66.8 Å². The van der Waals surface area contributed by atoms with E-state index in [2.05, 4.69) is 0 Å². The van der Waals surface area contributed by atoms with Crippen molar-refractivity contribution in [2.45, 2.75) is 73.3 Å². The number of hydrogen-bond donors (Lipinski definition) is 1. The van der Waals surface area contributed by atoms with Gasteiger partial charge in [0.15, 0.2) is 6.10 Å². The molecule has 1 aliphatic rings. The van der Waals surface area contributed by atoms with E-state index in [0.717, 1.165) is 44.5 Å². The van der Waals surface area contributed by atoms with Crippen LogP contribution in [-0.4, -0.2) is 27.5 Å². The number of aliphatic carboxylic acids is 1. The van der Waals surface area contributed by atoms with E-state index >= 15 is 0 Å². The van der Waals surface area contributed by atoms with Crippen LogP contribution in [0.3, 0.4) is 0 Å². The Balaban J connectivity index is 1.89. The van der Waals surface area contributed by atoms with Crippen LogP contribution in [-0.2, 0) is 22.6 Å². The second kappa shape index (κ2) is 9.55. The van der Waals surface area contributed by atoms with Gasteiger partial charge in [-0.2, -0.15) is 0 Å². The Bertz CT molecular complexity index is 1330. The highest BCUT2D eigenvalue weighted by molar-refractivity contribution is 5.95. The third kappa shape index (κ3) is 4.93. The minimum atomic E-state index is -1.13. The molecule has 3 aromatic carbocycles. The van der Waals surface area contributed by atoms with E-state index in [1.54, 1.807) is 0 Å². The summed E-state index contributed by atoms with van der Waals surface area (Å²) in [7, 11) is 0. The van der Waals surface area contributed by atoms with Crippen molar-refractivity contribution in [2.24, 2.45) is 0 Å². The molecule has 1 atom stereocenters. The van der Waals surface area contributed by atoms with Crippen molar-refractivity contribution >= 4 is 11.9 Å². The van der Waals surface area contributed by atoms with Crippen molar-refractivity contribution in [3.8, 4) is 11.1 Å². The zero-order valence-corrected chi connectivity index (χ0v) is 22.2. The molecule has 5 nitrogen and oxygen atoms in total. The Labute approximate surface area is 213 Å². The van der Waals surface area contributed by atoms with E-state index in [1.807, 2.05) is 102 Å². The molecular formula is C31H35NO4. The summed E-state index contributed by atoms with van der Waals surface area (Å²) in [5, 5.41) is 10.3. The van der Waals surface area contributed by atoms with Gasteiger partial charge in [-0.15, -0.1) is 0 Å². The molecule has 1 unspecified atom stereocenters. The Hall–Kier alpha value is -3.44. The molecule has 0 saturated heterocycles. The fourth-order valence-electron chi connectivity index (χ4n) is 5.13. The summed E-state index contributed by atoms with van der Waals surface area (Å²) in [6, 6.07) is 15.8. The van der Waals surface area contributed by atoms with Gasteiger partial charge in [0.05, 0.1) is 5.60 Å². The molecule has 1 N–H and O–H groups in total. The van der Waals surface area contributed by atoms with Crippen LogP contribution in [0.4, 0.5) is 0 Å². The Morgan fingerprint density at radius 1 is 0.889 bits per heavy atom. The molecule has 0 bridgehead atoms. The van der Waals surface area contributed by atoms with E-state index in [1.165, 1.54) is 0 Å². The third-order valence-corrected chi connectivity index (χ3v) is 6.87. The van der Waals surface area contributed by atoms with Crippen molar-refractivity contribution in [1.29, 1.82) is 0 Å². The average Bonchev–Trinajstić information content (AvgIpc) is 3.26. The van der Waals surface area contributed by atoms with Crippen molar-refractivity contribution < 1.29 is 19.4 Å². The first-order valence-electron chi connectivity index (χ1n) is 12.4. The maximum Gasteiger partial charge on any atom is 0.337 e. The average molecular weight is 486 g/mol. The molecule has 4 rings (SSSR count). The lowest BCUT2D eigenvalue weighted by atomic mass is 9.83. The quantitative estimate of drug-likeness (QED) is 0.437. The minimum absolute atomic E-state index is 0.0205. The lowest BCUT2D eigenvalue weighted by Gasteiger charge is -2.29. The molecule has 0 radical (unpaired) electrons. The van der Waals surface area contributed by atoms with Gasteiger partial charge in [-0.05, 0) is 94.0 Å². The summed E-state index contributed by atoms with van der Waals surface area (Å²) in [5.74, 6) is -1.04. The molecule has 5 heteroatoms. The van der Waals surface area contributed by atoms with Crippen LogP contribution in [0.15, 0.2) is 48.5 Å². The highest BCUT2D eigenvalue weighted by Gasteiger charge is 2.36. The number of carboxylic acids is 1. The second-order valence-electron chi connectivity index (χ2n) is 10.8. The number of hydrogen-bond acceptors (Lipinski definition) is 3. The molecule has 3 aromatic rings. The number of fused-ring (bicyclic) bond motifs is 1. The van der Waals surface area contributed by atoms with Crippen LogP contribution in [0.1, 0.15) is 76.2 Å². The molecule has 1 amide bonds. The summed E-state index contributed by atoms with van der Waals surface area (Å²) >= 11 is 0. The van der Waals surface area contributed by atoms with Crippen molar-refractivity contribution in [3.63, 3.8) is 0 Å². The smallest absolute Gasteiger partial charge is 0.337 e. The van der Waals surface area contributed by atoms with Crippen molar-refractivity contribution in [3.05, 3.63) is 93.0 Å². The highest BCUT2D eigenvalue weighted by Crippen LogP contribution is 2.43. The molecular weight excluding hydrogens is 450 g/mol. The van der Waals surface area contributed by atoms with Gasteiger partial charge in [0.25, 0.3) is 5.91 Å². The zero-order chi connectivity index (χ0) is 26.4. The summed E-state index contributed by atoms with van der Waals surface area (Å²) in [6.07, 6.45) is -1.13. The van der Waals surface area contributed by atoms with Crippen LogP contribution in [0.5, 0.6) is 0 Å². The van der Waals surface area contributed by atoms with E-state index in [9.17, 15) is 14.7 Å². The predicted octanol–water partition coefficient (Wildman–Crippen LogP) is 6.68. The number of rotatable bonds is 5. The number of carbonyl (C=O) groups is 2. The van der Waals surface area contributed by atoms with E-state index in [-0.39, 0.29) is 5.91 Å². The fourth-order valence-corrected chi connectivity index (χ4v) is 5.13.